The summed E-state index contributed by atoms with van der Waals surface area (Å²) in [7, 11) is 0. The maximum atomic E-state index is 13.6. The molecule has 3 aromatic rings. The van der Waals surface area contributed by atoms with Crippen molar-refractivity contribution in [2.75, 3.05) is 5.32 Å². The smallest absolute Gasteiger partial charge is 0.410 e. The van der Waals surface area contributed by atoms with Crippen LogP contribution >= 0.6 is 11.3 Å². The van der Waals surface area contributed by atoms with Crippen LogP contribution in [0.2, 0.25) is 0 Å². The topological polar surface area (TPSA) is 72.1 Å². The standard InChI is InChI=1S/C17H15F3N4O2S/c18-17(19,20)14-7-12(13-4-2-6-27-13)23-15-11(9-22-24(14)15)16(25)21-8-10-3-1-5-26-10/h1-6,9,12,14,23H,7-8H2,(H,21,25)/t12-,14-/m0/s1. The summed E-state index contributed by atoms with van der Waals surface area (Å²) < 4.78 is 46.7. The SMILES string of the molecule is O=C(NCc1ccco1)c1cnn2c1N[C@H](c1cccs1)C[C@H]2C(F)(F)F. The van der Waals surface area contributed by atoms with Gasteiger partial charge in [0.25, 0.3) is 5.91 Å². The van der Waals surface area contributed by atoms with Crippen molar-refractivity contribution < 1.29 is 22.4 Å². The van der Waals surface area contributed by atoms with Crippen LogP contribution < -0.4 is 10.6 Å². The quantitative estimate of drug-likeness (QED) is 0.696. The molecule has 10 heteroatoms. The lowest BCUT2D eigenvalue weighted by Gasteiger charge is -2.33. The second-order valence-electron chi connectivity index (χ2n) is 6.12. The minimum Gasteiger partial charge on any atom is -0.467 e. The van der Waals surface area contributed by atoms with Gasteiger partial charge in [-0.1, -0.05) is 6.07 Å². The number of halogens is 3. The van der Waals surface area contributed by atoms with Crippen LogP contribution in [0.5, 0.6) is 0 Å². The molecule has 0 saturated heterocycles. The van der Waals surface area contributed by atoms with Crippen molar-refractivity contribution in [2.45, 2.75) is 31.2 Å². The Kier molecular flexibility index (Phi) is 4.42. The largest absolute Gasteiger partial charge is 0.467 e. The van der Waals surface area contributed by atoms with E-state index in [-0.39, 0.29) is 24.3 Å². The molecule has 0 fully saturated rings. The summed E-state index contributed by atoms with van der Waals surface area (Å²) in [6, 6.07) is 4.60. The lowest BCUT2D eigenvalue weighted by molar-refractivity contribution is -0.173. The van der Waals surface area contributed by atoms with Gasteiger partial charge in [0.2, 0.25) is 0 Å². The molecule has 27 heavy (non-hydrogen) atoms. The summed E-state index contributed by atoms with van der Waals surface area (Å²) in [5.74, 6) is 0.0915. The molecule has 1 amide bonds. The predicted molar refractivity (Wildman–Crippen MR) is 92.5 cm³/mol. The molecule has 4 heterocycles. The zero-order valence-corrected chi connectivity index (χ0v) is 14.7. The van der Waals surface area contributed by atoms with E-state index in [1.165, 1.54) is 17.6 Å². The van der Waals surface area contributed by atoms with Gasteiger partial charge in [-0.3, -0.25) is 4.79 Å². The summed E-state index contributed by atoms with van der Waals surface area (Å²) in [4.78, 5) is 13.3. The van der Waals surface area contributed by atoms with E-state index in [1.54, 1.807) is 24.3 Å². The molecule has 2 atom stereocenters. The van der Waals surface area contributed by atoms with Crippen LogP contribution in [0.1, 0.15) is 39.5 Å². The molecule has 3 aromatic heterocycles. The number of rotatable bonds is 4. The maximum Gasteiger partial charge on any atom is 0.410 e. The van der Waals surface area contributed by atoms with E-state index in [2.05, 4.69) is 15.7 Å². The molecule has 0 aliphatic carbocycles. The number of amides is 1. The van der Waals surface area contributed by atoms with Crippen molar-refractivity contribution in [3.63, 3.8) is 0 Å². The normalized spacial score (nSPS) is 19.4. The van der Waals surface area contributed by atoms with Crippen LogP contribution in [-0.4, -0.2) is 21.9 Å². The number of hydrogen-bond donors (Lipinski definition) is 2. The second kappa shape index (κ2) is 6.76. The molecule has 6 nitrogen and oxygen atoms in total. The highest BCUT2D eigenvalue weighted by molar-refractivity contribution is 7.10. The number of furan rings is 1. The molecule has 0 bridgehead atoms. The summed E-state index contributed by atoms with van der Waals surface area (Å²) in [6.45, 7) is 0.132. The number of fused-ring (bicyclic) bond motifs is 1. The molecule has 2 N–H and O–H groups in total. The van der Waals surface area contributed by atoms with E-state index in [0.29, 0.717) is 5.76 Å². The Morgan fingerprint density at radius 1 is 1.41 bits per heavy atom. The number of nitrogens with zero attached hydrogens (tertiary/aromatic N) is 2. The van der Waals surface area contributed by atoms with Gasteiger partial charge in [0.15, 0.2) is 6.04 Å². The zero-order chi connectivity index (χ0) is 19.0. The van der Waals surface area contributed by atoms with Crippen LogP contribution in [0, 0.1) is 0 Å². The Morgan fingerprint density at radius 3 is 2.93 bits per heavy atom. The van der Waals surface area contributed by atoms with Gasteiger partial charge in [-0.05, 0) is 23.6 Å². The van der Waals surface area contributed by atoms with Crippen molar-refractivity contribution >= 4 is 23.1 Å². The van der Waals surface area contributed by atoms with E-state index in [9.17, 15) is 18.0 Å². The minimum atomic E-state index is -4.47. The number of anilines is 1. The van der Waals surface area contributed by atoms with Crippen molar-refractivity contribution in [1.29, 1.82) is 0 Å². The Bertz CT molecular complexity index is 919. The van der Waals surface area contributed by atoms with Crippen molar-refractivity contribution in [1.82, 2.24) is 15.1 Å². The Hall–Kier alpha value is -2.75. The third kappa shape index (κ3) is 3.44. The highest BCUT2D eigenvalue weighted by Crippen LogP contribution is 2.44. The fourth-order valence-electron chi connectivity index (χ4n) is 3.08. The fraction of sp³-hybridized carbons (Fsp3) is 0.294. The second-order valence-corrected chi connectivity index (χ2v) is 7.10. The van der Waals surface area contributed by atoms with Gasteiger partial charge >= 0.3 is 6.18 Å². The van der Waals surface area contributed by atoms with Gasteiger partial charge < -0.3 is 15.1 Å². The average molecular weight is 396 g/mol. The molecule has 0 saturated carbocycles. The molecule has 142 valence electrons. The van der Waals surface area contributed by atoms with Gasteiger partial charge in [-0.25, -0.2) is 4.68 Å². The van der Waals surface area contributed by atoms with E-state index < -0.39 is 24.2 Å². The van der Waals surface area contributed by atoms with Crippen LogP contribution in [0.15, 0.2) is 46.5 Å². The molecule has 0 aromatic carbocycles. The maximum absolute atomic E-state index is 13.6. The van der Waals surface area contributed by atoms with Gasteiger partial charge in [0.05, 0.1) is 25.0 Å². The number of nitrogens with one attached hydrogen (secondary N) is 2. The molecule has 1 aliphatic rings. The van der Waals surface area contributed by atoms with Crippen LogP contribution in [0.4, 0.5) is 19.0 Å². The average Bonchev–Trinajstić information content (AvgIpc) is 3.39. The fourth-order valence-corrected chi connectivity index (χ4v) is 3.87. The summed E-state index contributed by atoms with van der Waals surface area (Å²) >= 11 is 1.37. The monoisotopic (exact) mass is 396 g/mol. The first kappa shape index (κ1) is 17.7. The molecule has 4 rings (SSSR count). The van der Waals surface area contributed by atoms with Crippen LogP contribution in [0.3, 0.4) is 0 Å². The molecular weight excluding hydrogens is 381 g/mol. The zero-order valence-electron chi connectivity index (χ0n) is 13.9. The van der Waals surface area contributed by atoms with E-state index in [4.69, 9.17) is 4.42 Å². The molecular formula is C17H15F3N4O2S. The van der Waals surface area contributed by atoms with E-state index in [1.807, 2.05) is 5.38 Å². The summed E-state index contributed by atoms with van der Waals surface area (Å²) in [6.07, 6.45) is -2.02. The molecule has 0 unspecified atom stereocenters. The molecule has 0 radical (unpaired) electrons. The van der Waals surface area contributed by atoms with E-state index >= 15 is 0 Å². The Balaban J connectivity index is 1.63. The number of hydrogen-bond acceptors (Lipinski definition) is 5. The third-order valence-corrected chi connectivity index (χ3v) is 5.36. The third-order valence-electron chi connectivity index (χ3n) is 4.37. The number of carbonyl (C=O) groups is 1. The van der Waals surface area contributed by atoms with Gasteiger partial charge in [0, 0.05) is 11.3 Å². The van der Waals surface area contributed by atoms with Gasteiger partial charge in [-0.15, -0.1) is 11.3 Å². The van der Waals surface area contributed by atoms with Gasteiger partial charge in [-0.2, -0.15) is 18.3 Å². The Labute approximate surface area is 156 Å². The first-order valence-corrected chi connectivity index (χ1v) is 9.06. The van der Waals surface area contributed by atoms with Crippen LogP contribution in [-0.2, 0) is 6.54 Å². The van der Waals surface area contributed by atoms with Crippen molar-refractivity contribution in [3.8, 4) is 0 Å². The highest BCUT2D eigenvalue weighted by Gasteiger charge is 2.47. The van der Waals surface area contributed by atoms with Crippen LogP contribution in [0.25, 0.3) is 0 Å². The van der Waals surface area contributed by atoms with Crippen molar-refractivity contribution in [3.05, 3.63) is 58.3 Å². The number of alkyl halides is 3. The first-order valence-electron chi connectivity index (χ1n) is 8.18. The minimum absolute atomic E-state index is 0.0667. The summed E-state index contributed by atoms with van der Waals surface area (Å²) in [5.41, 5.74) is 0.0667. The van der Waals surface area contributed by atoms with Crippen molar-refractivity contribution in [2.24, 2.45) is 0 Å². The summed E-state index contributed by atoms with van der Waals surface area (Å²) in [5, 5.41) is 11.3. The number of aromatic nitrogens is 2. The Morgan fingerprint density at radius 2 is 2.26 bits per heavy atom. The highest BCUT2D eigenvalue weighted by atomic mass is 32.1. The molecule has 0 spiro atoms. The van der Waals surface area contributed by atoms with Gasteiger partial charge in [0.1, 0.15) is 17.1 Å². The number of thiophene rings is 1. The van der Waals surface area contributed by atoms with E-state index in [0.717, 1.165) is 15.8 Å². The number of carbonyl (C=O) groups excluding carboxylic acids is 1. The lowest BCUT2D eigenvalue weighted by atomic mass is 10.0. The first-order chi connectivity index (χ1) is 12.9. The predicted octanol–water partition coefficient (Wildman–Crippen LogP) is 4.13. The molecule has 1 aliphatic heterocycles. The lowest BCUT2D eigenvalue weighted by Crippen LogP contribution is -2.36.